The number of hydrogen-bond acceptors (Lipinski definition) is 4. The Balaban J connectivity index is 1.56. The van der Waals surface area contributed by atoms with Crippen molar-refractivity contribution in [3.05, 3.63) is 53.2 Å². The highest BCUT2D eigenvalue weighted by Gasteiger charge is 2.30. The molecule has 0 N–H and O–H groups in total. The molecule has 1 aliphatic heterocycles. The van der Waals surface area contributed by atoms with Crippen LogP contribution in [0.2, 0.25) is 0 Å². The molecule has 27 heavy (non-hydrogen) atoms. The van der Waals surface area contributed by atoms with Crippen molar-refractivity contribution in [1.29, 1.82) is 0 Å². The Morgan fingerprint density at radius 3 is 2.74 bits per heavy atom. The number of nitrogens with zero attached hydrogens (tertiary/aromatic N) is 3. The minimum atomic E-state index is -0.319. The van der Waals surface area contributed by atoms with Gasteiger partial charge in [0.15, 0.2) is 0 Å². The van der Waals surface area contributed by atoms with Gasteiger partial charge in [0.05, 0.1) is 18.9 Å². The lowest BCUT2D eigenvalue weighted by atomic mass is 9.96. The molecule has 0 aliphatic carbocycles. The van der Waals surface area contributed by atoms with E-state index in [0.29, 0.717) is 31.1 Å². The number of rotatable bonds is 5. The second-order valence-electron chi connectivity index (χ2n) is 7.11. The molecular weight excluding hydrogens is 349 g/mol. The van der Waals surface area contributed by atoms with Crippen molar-refractivity contribution in [2.24, 2.45) is 5.92 Å². The summed E-state index contributed by atoms with van der Waals surface area (Å²) in [6, 6.07) is 7.75. The first kappa shape index (κ1) is 19.1. The molecule has 0 radical (unpaired) electrons. The SMILES string of the molecule is Cc1cc(CN(C)C(=O)[C@@H]2CCCN(C(=O)Cc3ccc(F)cc3)C2)no1. The van der Waals surface area contributed by atoms with Gasteiger partial charge in [0.25, 0.3) is 0 Å². The van der Waals surface area contributed by atoms with Crippen molar-refractivity contribution in [3.63, 3.8) is 0 Å². The lowest BCUT2D eigenvalue weighted by molar-refractivity contribution is -0.140. The Morgan fingerprint density at radius 2 is 2.07 bits per heavy atom. The van der Waals surface area contributed by atoms with Crippen molar-refractivity contribution >= 4 is 11.8 Å². The van der Waals surface area contributed by atoms with E-state index in [2.05, 4.69) is 5.16 Å². The summed E-state index contributed by atoms with van der Waals surface area (Å²) in [6.07, 6.45) is 1.78. The van der Waals surface area contributed by atoms with Gasteiger partial charge in [-0.1, -0.05) is 17.3 Å². The monoisotopic (exact) mass is 373 g/mol. The number of carbonyl (C=O) groups is 2. The van der Waals surface area contributed by atoms with Crippen LogP contribution >= 0.6 is 0 Å². The summed E-state index contributed by atoms with van der Waals surface area (Å²) in [6.45, 7) is 3.26. The molecule has 0 unspecified atom stereocenters. The fraction of sp³-hybridized carbons (Fsp3) is 0.450. The number of likely N-dealkylation sites (tertiary alicyclic amines) is 1. The molecule has 1 aliphatic rings. The van der Waals surface area contributed by atoms with Crippen LogP contribution in [0, 0.1) is 18.7 Å². The van der Waals surface area contributed by atoms with Gasteiger partial charge in [-0.25, -0.2) is 4.39 Å². The van der Waals surface area contributed by atoms with Crippen LogP contribution < -0.4 is 0 Å². The van der Waals surface area contributed by atoms with Crippen LogP contribution in [0.3, 0.4) is 0 Å². The van der Waals surface area contributed by atoms with E-state index < -0.39 is 0 Å². The van der Waals surface area contributed by atoms with Crippen LogP contribution in [0.1, 0.15) is 29.9 Å². The van der Waals surface area contributed by atoms with Crippen LogP contribution in [0.5, 0.6) is 0 Å². The molecule has 1 saturated heterocycles. The molecule has 2 aromatic rings. The molecule has 2 amide bonds. The summed E-state index contributed by atoms with van der Waals surface area (Å²) in [5, 5.41) is 3.92. The van der Waals surface area contributed by atoms with Gasteiger partial charge in [-0.05, 0) is 37.5 Å². The smallest absolute Gasteiger partial charge is 0.227 e. The van der Waals surface area contributed by atoms with Gasteiger partial charge >= 0.3 is 0 Å². The van der Waals surface area contributed by atoms with E-state index in [-0.39, 0.29) is 30.0 Å². The van der Waals surface area contributed by atoms with E-state index in [0.717, 1.165) is 18.4 Å². The van der Waals surface area contributed by atoms with E-state index in [1.165, 1.54) is 12.1 Å². The Hall–Kier alpha value is -2.70. The Kier molecular flexibility index (Phi) is 5.88. The predicted molar refractivity (Wildman–Crippen MR) is 97.1 cm³/mol. The average molecular weight is 373 g/mol. The van der Waals surface area contributed by atoms with Crippen LogP contribution in [0.15, 0.2) is 34.9 Å². The molecule has 0 spiro atoms. The van der Waals surface area contributed by atoms with Crippen molar-refractivity contribution in [2.75, 3.05) is 20.1 Å². The van der Waals surface area contributed by atoms with Gasteiger partial charge in [-0.15, -0.1) is 0 Å². The van der Waals surface area contributed by atoms with Crippen LogP contribution in [0.4, 0.5) is 4.39 Å². The van der Waals surface area contributed by atoms with Gasteiger partial charge in [-0.3, -0.25) is 9.59 Å². The van der Waals surface area contributed by atoms with Crippen LogP contribution in [-0.2, 0) is 22.6 Å². The molecule has 0 bridgehead atoms. The third-order valence-electron chi connectivity index (χ3n) is 4.84. The molecule has 1 aromatic carbocycles. The number of piperidine rings is 1. The first-order valence-electron chi connectivity index (χ1n) is 9.12. The number of benzene rings is 1. The third kappa shape index (κ3) is 4.93. The molecule has 0 saturated carbocycles. The maximum absolute atomic E-state index is 13.0. The van der Waals surface area contributed by atoms with E-state index >= 15 is 0 Å². The van der Waals surface area contributed by atoms with Crippen LogP contribution in [0.25, 0.3) is 0 Å². The normalized spacial score (nSPS) is 17.0. The van der Waals surface area contributed by atoms with Gasteiger partial charge in [-0.2, -0.15) is 0 Å². The zero-order chi connectivity index (χ0) is 19.4. The average Bonchev–Trinajstić information content (AvgIpc) is 3.07. The first-order valence-corrected chi connectivity index (χ1v) is 9.12. The van der Waals surface area contributed by atoms with Gasteiger partial charge in [0.2, 0.25) is 11.8 Å². The number of halogens is 1. The zero-order valence-electron chi connectivity index (χ0n) is 15.7. The maximum Gasteiger partial charge on any atom is 0.227 e. The zero-order valence-corrected chi connectivity index (χ0v) is 15.7. The topological polar surface area (TPSA) is 66.7 Å². The molecule has 1 atom stereocenters. The highest BCUT2D eigenvalue weighted by Crippen LogP contribution is 2.20. The third-order valence-corrected chi connectivity index (χ3v) is 4.84. The van der Waals surface area contributed by atoms with E-state index in [9.17, 15) is 14.0 Å². The molecule has 1 aromatic heterocycles. The summed E-state index contributed by atoms with van der Waals surface area (Å²) in [5.41, 5.74) is 1.48. The van der Waals surface area contributed by atoms with E-state index in [1.807, 2.05) is 13.0 Å². The standard InChI is InChI=1S/C20H24FN3O3/c1-14-10-18(22-27-14)13-23(2)20(26)16-4-3-9-24(12-16)19(25)11-15-5-7-17(21)8-6-15/h5-8,10,16H,3-4,9,11-13H2,1-2H3/t16-/m1/s1. The fourth-order valence-corrected chi connectivity index (χ4v) is 3.42. The molecule has 7 heteroatoms. The van der Waals surface area contributed by atoms with Gasteiger partial charge in [0, 0.05) is 26.2 Å². The second-order valence-corrected chi connectivity index (χ2v) is 7.11. The first-order chi connectivity index (χ1) is 12.9. The van der Waals surface area contributed by atoms with Crippen molar-refractivity contribution in [3.8, 4) is 0 Å². The van der Waals surface area contributed by atoms with Crippen molar-refractivity contribution in [2.45, 2.75) is 32.7 Å². The lowest BCUT2D eigenvalue weighted by Gasteiger charge is -2.34. The molecular formula is C20H24FN3O3. The molecule has 3 rings (SSSR count). The highest BCUT2D eigenvalue weighted by atomic mass is 19.1. The lowest BCUT2D eigenvalue weighted by Crippen LogP contribution is -2.46. The summed E-state index contributed by atoms with van der Waals surface area (Å²) in [5.74, 6) is 0.152. The summed E-state index contributed by atoms with van der Waals surface area (Å²) >= 11 is 0. The molecule has 144 valence electrons. The molecule has 2 heterocycles. The summed E-state index contributed by atoms with van der Waals surface area (Å²) in [4.78, 5) is 28.7. The van der Waals surface area contributed by atoms with E-state index in [1.54, 1.807) is 29.0 Å². The van der Waals surface area contributed by atoms with Gasteiger partial charge in [0.1, 0.15) is 17.3 Å². The summed E-state index contributed by atoms with van der Waals surface area (Å²) < 4.78 is 18.0. The Labute approximate surface area is 157 Å². The number of aryl methyl sites for hydroxylation is 1. The Bertz CT molecular complexity index is 803. The minimum absolute atomic E-state index is 0.00920. The Morgan fingerprint density at radius 1 is 1.33 bits per heavy atom. The second kappa shape index (κ2) is 8.33. The van der Waals surface area contributed by atoms with Gasteiger partial charge < -0.3 is 14.3 Å². The maximum atomic E-state index is 13.0. The number of carbonyl (C=O) groups excluding carboxylic acids is 2. The number of aromatic nitrogens is 1. The largest absolute Gasteiger partial charge is 0.361 e. The highest BCUT2D eigenvalue weighted by molar-refractivity contribution is 5.82. The fourth-order valence-electron chi connectivity index (χ4n) is 3.42. The minimum Gasteiger partial charge on any atom is -0.361 e. The quantitative estimate of drug-likeness (QED) is 0.808. The van der Waals surface area contributed by atoms with Crippen LogP contribution in [-0.4, -0.2) is 46.9 Å². The number of amides is 2. The number of hydrogen-bond donors (Lipinski definition) is 0. The van der Waals surface area contributed by atoms with Crippen molar-refractivity contribution in [1.82, 2.24) is 15.0 Å². The van der Waals surface area contributed by atoms with E-state index in [4.69, 9.17) is 4.52 Å². The van der Waals surface area contributed by atoms with Crippen molar-refractivity contribution < 1.29 is 18.5 Å². The summed E-state index contributed by atoms with van der Waals surface area (Å²) in [7, 11) is 1.74. The predicted octanol–water partition coefficient (Wildman–Crippen LogP) is 2.56. The molecule has 1 fully saturated rings. The molecule has 6 nitrogen and oxygen atoms in total.